The molecule has 0 aromatic carbocycles. The second-order valence-electron chi connectivity index (χ2n) is 5.79. The van der Waals surface area contributed by atoms with E-state index in [2.05, 4.69) is 34.5 Å². The minimum atomic E-state index is 0.0934. The molecule has 2 aromatic heterocycles. The van der Waals surface area contributed by atoms with Crippen LogP contribution >= 0.6 is 0 Å². The van der Waals surface area contributed by atoms with Crippen LogP contribution in [0.5, 0.6) is 0 Å². The third-order valence-corrected chi connectivity index (χ3v) is 4.20. The number of hydrogen-bond donors (Lipinski definition) is 0. The van der Waals surface area contributed by atoms with E-state index in [4.69, 9.17) is 4.98 Å². The summed E-state index contributed by atoms with van der Waals surface area (Å²) in [7, 11) is 0. The van der Waals surface area contributed by atoms with Gasteiger partial charge in [-0.25, -0.2) is 9.97 Å². The molecule has 0 N–H and O–H groups in total. The number of aliphatic imine (C=N–C) groups is 1. The van der Waals surface area contributed by atoms with Crippen molar-refractivity contribution < 1.29 is 0 Å². The molecule has 3 rings (SSSR count). The maximum absolute atomic E-state index is 4.70. The highest BCUT2D eigenvalue weighted by atomic mass is 15.2. The highest BCUT2D eigenvalue weighted by molar-refractivity contribution is 5.89. The van der Waals surface area contributed by atoms with Gasteiger partial charge >= 0.3 is 0 Å². The number of rotatable bonds is 4. The van der Waals surface area contributed by atoms with E-state index in [1.54, 1.807) is 0 Å². The molecule has 0 amide bonds. The first-order valence-electron chi connectivity index (χ1n) is 7.55. The smallest absolute Gasteiger partial charge is 0.144 e. The van der Waals surface area contributed by atoms with E-state index in [0.29, 0.717) is 0 Å². The number of aromatic nitrogens is 3. The van der Waals surface area contributed by atoms with E-state index in [0.717, 1.165) is 36.2 Å². The zero-order valence-electron chi connectivity index (χ0n) is 12.6. The number of aryl methyl sites for hydroxylation is 1. The van der Waals surface area contributed by atoms with E-state index >= 15 is 0 Å². The quantitative estimate of drug-likeness (QED) is 0.853. The van der Waals surface area contributed by atoms with Crippen LogP contribution in [-0.2, 0) is 5.54 Å². The van der Waals surface area contributed by atoms with Gasteiger partial charge in [-0.05, 0) is 25.8 Å². The third kappa shape index (κ3) is 1.94. The van der Waals surface area contributed by atoms with Gasteiger partial charge in [0.05, 0.1) is 17.8 Å². The van der Waals surface area contributed by atoms with Crippen molar-refractivity contribution in [1.29, 1.82) is 0 Å². The fourth-order valence-corrected chi connectivity index (χ4v) is 3.51. The molecule has 0 saturated heterocycles. The summed E-state index contributed by atoms with van der Waals surface area (Å²) < 4.78 is 2.43. The summed E-state index contributed by atoms with van der Waals surface area (Å²) in [4.78, 5) is 13.7. The highest BCUT2D eigenvalue weighted by Crippen LogP contribution is 2.36. The van der Waals surface area contributed by atoms with Crippen molar-refractivity contribution in [1.82, 2.24) is 14.5 Å². The Morgan fingerprint density at radius 1 is 1.25 bits per heavy atom. The molecular formula is C16H22N4. The van der Waals surface area contributed by atoms with E-state index in [1.165, 1.54) is 18.5 Å². The molecule has 0 spiro atoms. The lowest BCUT2D eigenvalue weighted by molar-refractivity contribution is 0.247. The van der Waals surface area contributed by atoms with Gasteiger partial charge in [0.1, 0.15) is 11.5 Å². The fourth-order valence-electron chi connectivity index (χ4n) is 3.51. The Morgan fingerprint density at radius 3 is 2.70 bits per heavy atom. The minimum Gasteiger partial charge on any atom is -0.316 e. The molecule has 0 saturated carbocycles. The van der Waals surface area contributed by atoms with Crippen LogP contribution in [0.3, 0.4) is 0 Å². The summed E-state index contributed by atoms with van der Waals surface area (Å²) in [6, 6.07) is 2.16. The molecule has 1 aliphatic rings. The lowest BCUT2D eigenvalue weighted by Gasteiger charge is -2.37. The molecule has 0 fully saturated rings. The van der Waals surface area contributed by atoms with Crippen molar-refractivity contribution in [3.8, 4) is 0 Å². The van der Waals surface area contributed by atoms with Crippen LogP contribution in [0.25, 0.3) is 11.0 Å². The topological polar surface area (TPSA) is 43.1 Å². The standard InChI is InChI=1S/C16H22N4/c1-4-6-16(7-5-2)11-17-10-14-8-13-9-18-12(3)19-15(13)20(14)16/h8-10H,4-7,11H2,1-3H3. The molecule has 4 nitrogen and oxygen atoms in total. The summed E-state index contributed by atoms with van der Waals surface area (Å²) in [6.07, 6.45) is 8.55. The molecule has 20 heavy (non-hydrogen) atoms. The van der Waals surface area contributed by atoms with Gasteiger partial charge in [-0.3, -0.25) is 4.99 Å². The van der Waals surface area contributed by atoms with Crippen molar-refractivity contribution in [3.63, 3.8) is 0 Å². The van der Waals surface area contributed by atoms with Crippen LogP contribution in [0.1, 0.15) is 51.0 Å². The van der Waals surface area contributed by atoms with Crippen LogP contribution in [0.4, 0.5) is 0 Å². The summed E-state index contributed by atoms with van der Waals surface area (Å²) in [5.74, 6) is 0.836. The largest absolute Gasteiger partial charge is 0.316 e. The highest BCUT2D eigenvalue weighted by Gasteiger charge is 2.35. The van der Waals surface area contributed by atoms with E-state index in [9.17, 15) is 0 Å². The van der Waals surface area contributed by atoms with Gasteiger partial charge in [0.15, 0.2) is 0 Å². The number of fused-ring (bicyclic) bond motifs is 3. The van der Waals surface area contributed by atoms with Gasteiger partial charge < -0.3 is 4.57 Å². The monoisotopic (exact) mass is 270 g/mol. The van der Waals surface area contributed by atoms with Crippen molar-refractivity contribution in [3.05, 3.63) is 23.8 Å². The second-order valence-corrected chi connectivity index (χ2v) is 5.79. The van der Waals surface area contributed by atoms with Crippen LogP contribution < -0.4 is 0 Å². The Balaban J connectivity index is 2.26. The van der Waals surface area contributed by atoms with Gasteiger partial charge in [-0.15, -0.1) is 0 Å². The Bertz CT molecular complexity index is 648. The fraction of sp³-hybridized carbons (Fsp3) is 0.562. The number of nitrogens with zero attached hydrogens (tertiary/aromatic N) is 4. The molecule has 2 aromatic rings. The van der Waals surface area contributed by atoms with Gasteiger partial charge in [0.25, 0.3) is 0 Å². The SMILES string of the molecule is CCCC1(CCC)CN=Cc2cc3cnc(C)nc3n21. The van der Waals surface area contributed by atoms with Crippen LogP contribution in [0, 0.1) is 6.92 Å². The third-order valence-electron chi connectivity index (χ3n) is 4.20. The first kappa shape index (κ1) is 13.3. The molecule has 0 unspecified atom stereocenters. The normalized spacial score (nSPS) is 16.6. The molecule has 0 bridgehead atoms. The predicted molar refractivity (Wildman–Crippen MR) is 82.5 cm³/mol. The zero-order valence-corrected chi connectivity index (χ0v) is 12.6. The first-order chi connectivity index (χ1) is 9.70. The lowest BCUT2D eigenvalue weighted by Crippen LogP contribution is -2.40. The Hall–Kier alpha value is -1.71. The van der Waals surface area contributed by atoms with Gasteiger partial charge in [0, 0.05) is 17.8 Å². The molecule has 1 aliphatic heterocycles. The average molecular weight is 270 g/mol. The van der Waals surface area contributed by atoms with Crippen LogP contribution in [0.15, 0.2) is 17.3 Å². The van der Waals surface area contributed by atoms with Crippen molar-refractivity contribution in [2.75, 3.05) is 6.54 Å². The van der Waals surface area contributed by atoms with E-state index in [1.807, 2.05) is 19.3 Å². The molecule has 0 radical (unpaired) electrons. The Morgan fingerprint density at radius 2 is 2.00 bits per heavy atom. The molecule has 0 aliphatic carbocycles. The summed E-state index contributed by atoms with van der Waals surface area (Å²) >= 11 is 0. The Kier molecular flexibility index (Phi) is 3.32. The molecule has 3 heterocycles. The number of hydrogen-bond acceptors (Lipinski definition) is 3. The molecule has 4 heteroatoms. The maximum Gasteiger partial charge on any atom is 0.144 e. The maximum atomic E-state index is 4.70. The van der Waals surface area contributed by atoms with Crippen molar-refractivity contribution >= 4 is 17.2 Å². The molecular weight excluding hydrogens is 248 g/mol. The summed E-state index contributed by atoms with van der Waals surface area (Å²) in [5, 5.41) is 1.12. The minimum absolute atomic E-state index is 0.0934. The van der Waals surface area contributed by atoms with Crippen molar-refractivity contribution in [2.45, 2.75) is 52.0 Å². The zero-order chi connectivity index (χ0) is 14.2. The van der Waals surface area contributed by atoms with Crippen molar-refractivity contribution in [2.24, 2.45) is 4.99 Å². The Labute approximate surface area is 120 Å². The second kappa shape index (κ2) is 5.00. The van der Waals surface area contributed by atoms with E-state index < -0.39 is 0 Å². The molecule has 106 valence electrons. The average Bonchev–Trinajstić information content (AvgIpc) is 2.78. The van der Waals surface area contributed by atoms with Crippen LogP contribution in [0.2, 0.25) is 0 Å². The summed E-state index contributed by atoms with van der Waals surface area (Å²) in [6.45, 7) is 7.33. The van der Waals surface area contributed by atoms with Gasteiger partial charge in [-0.1, -0.05) is 26.7 Å². The van der Waals surface area contributed by atoms with E-state index in [-0.39, 0.29) is 5.54 Å². The predicted octanol–water partition coefficient (Wildman–Crippen LogP) is 3.47. The first-order valence-corrected chi connectivity index (χ1v) is 7.55. The molecule has 0 atom stereocenters. The van der Waals surface area contributed by atoms with Gasteiger partial charge in [-0.2, -0.15) is 0 Å². The van der Waals surface area contributed by atoms with Gasteiger partial charge in [0.2, 0.25) is 0 Å². The summed E-state index contributed by atoms with van der Waals surface area (Å²) in [5.41, 5.74) is 2.34. The lowest BCUT2D eigenvalue weighted by atomic mass is 9.87. The van der Waals surface area contributed by atoms with Crippen LogP contribution in [-0.4, -0.2) is 27.3 Å².